The average molecular weight is 832 g/mol. The van der Waals surface area contributed by atoms with E-state index in [1.807, 2.05) is 32.0 Å². The van der Waals surface area contributed by atoms with E-state index in [2.05, 4.69) is 46.5 Å². The van der Waals surface area contributed by atoms with Crippen LogP contribution in [0.1, 0.15) is 24.0 Å². The number of anilines is 6. The Kier molecular flexibility index (Phi) is 17.7. The molecule has 0 unspecified atom stereocenters. The molecule has 2 amide bonds. The molecule has 4 aromatic rings. The number of rotatable bonds is 11. The zero-order valence-corrected chi connectivity index (χ0v) is 32.6. The van der Waals surface area contributed by atoms with Gasteiger partial charge in [0.05, 0.1) is 73.1 Å². The van der Waals surface area contributed by atoms with Gasteiger partial charge in [0.1, 0.15) is 6.29 Å². The maximum atomic E-state index is 14.0. The van der Waals surface area contributed by atoms with Crippen molar-refractivity contribution < 1.29 is 32.6 Å². The Bertz CT molecular complexity index is 1960. The summed E-state index contributed by atoms with van der Waals surface area (Å²) in [6.07, 6.45) is 4.00. The van der Waals surface area contributed by atoms with E-state index in [0.717, 1.165) is 23.5 Å². The fourth-order valence-electron chi connectivity index (χ4n) is 5.10. The molecule has 2 aliphatic heterocycles. The molecule has 4 heterocycles. The lowest BCUT2D eigenvalue weighted by molar-refractivity contribution is -0.120. The SMILES string of the molecule is Cc1cccc(Cl)c1NC(=O)C/C=N/Nc1ncc(F)c(N2CCOCC2)n1.Cc1cccc(Cl)c1NC(=O)CC=O.NNc1ncc(F)c(N2CCOCC2)n1. The van der Waals surface area contributed by atoms with E-state index in [-0.39, 0.29) is 48.2 Å². The molecule has 2 fully saturated rings. The van der Waals surface area contributed by atoms with E-state index in [1.165, 1.54) is 6.21 Å². The highest BCUT2D eigenvalue weighted by Gasteiger charge is 2.19. The Labute approximate surface area is 337 Å². The van der Waals surface area contributed by atoms with Crippen LogP contribution in [0.5, 0.6) is 0 Å². The number of halogens is 4. The zero-order valence-electron chi connectivity index (χ0n) is 31.1. The first-order valence-corrected chi connectivity index (χ1v) is 18.2. The summed E-state index contributed by atoms with van der Waals surface area (Å²) in [5, 5.41) is 10.2. The molecule has 17 nitrogen and oxygen atoms in total. The van der Waals surface area contributed by atoms with Gasteiger partial charge in [-0.3, -0.25) is 15.0 Å². The number of aryl methyl sites for hydroxylation is 2. The van der Waals surface area contributed by atoms with Crippen molar-refractivity contribution in [3.05, 3.63) is 81.6 Å². The molecule has 6 rings (SSSR count). The van der Waals surface area contributed by atoms with E-state index in [0.29, 0.717) is 80.3 Å². The van der Waals surface area contributed by atoms with Gasteiger partial charge in [-0.05, 0) is 37.1 Å². The molecular weight excluding hydrogens is 789 g/mol. The number of para-hydroxylation sites is 2. The molecule has 0 bridgehead atoms. The van der Waals surface area contributed by atoms with Crippen molar-refractivity contribution >= 4 is 82.4 Å². The number of carbonyl (C=O) groups is 3. The van der Waals surface area contributed by atoms with Gasteiger partial charge >= 0.3 is 0 Å². The van der Waals surface area contributed by atoms with Crippen molar-refractivity contribution in [1.82, 2.24) is 19.9 Å². The first-order chi connectivity index (χ1) is 27.5. The number of hydrazine groups is 1. The van der Waals surface area contributed by atoms with Gasteiger partial charge < -0.3 is 34.7 Å². The number of hydrogen-bond acceptors (Lipinski definition) is 15. The lowest BCUT2D eigenvalue weighted by Gasteiger charge is -2.27. The zero-order chi connectivity index (χ0) is 41.2. The van der Waals surface area contributed by atoms with Gasteiger partial charge in [0, 0.05) is 32.4 Å². The van der Waals surface area contributed by atoms with Crippen LogP contribution >= 0.6 is 23.2 Å². The Hall–Kier alpha value is -5.60. The molecule has 0 radical (unpaired) electrons. The third kappa shape index (κ3) is 13.8. The summed E-state index contributed by atoms with van der Waals surface area (Å²) in [7, 11) is 0. The van der Waals surface area contributed by atoms with Gasteiger partial charge in [-0.15, -0.1) is 0 Å². The molecule has 21 heteroatoms. The van der Waals surface area contributed by atoms with E-state index < -0.39 is 11.6 Å². The lowest BCUT2D eigenvalue weighted by atomic mass is 10.2. The number of nitrogens with zero attached hydrogens (tertiary/aromatic N) is 7. The number of carbonyl (C=O) groups excluding carboxylic acids is 3. The predicted molar refractivity (Wildman–Crippen MR) is 215 cm³/mol. The molecule has 304 valence electrons. The second-order valence-electron chi connectivity index (χ2n) is 12.0. The molecule has 57 heavy (non-hydrogen) atoms. The molecule has 2 saturated heterocycles. The van der Waals surface area contributed by atoms with Gasteiger partial charge in [0.2, 0.25) is 23.7 Å². The molecule has 0 aliphatic carbocycles. The lowest BCUT2D eigenvalue weighted by Crippen LogP contribution is -2.37. The normalized spacial score (nSPS) is 13.7. The minimum atomic E-state index is -0.508. The van der Waals surface area contributed by atoms with Crippen molar-refractivity contribution in [3.63, 3.8) is 0 Å². The second kappa shape index (κ2) is 22.8. The molecule has 2 aromatic carbocycles. The number of hydrazone groups is 1. The van der Waals surface area contributed by atoms with Gasteiger partial charge in [-0.25, -0.2) is 30.0 Å². The van der Waals surface area contributed by atoms with Crippen LogP contribution in [0.3, 0.4) is 0 Å². The molecule has 6 N–H and O–H groups in total. The van der Waals surface area contributed by atoms with Crippen LogP contribution in [-0.2, 0) is 23.9 Å². The second-order valence-corrected chi connectivity index (χ2v) is 12.8. The highest BCUT2D eigenvalue weighted by molar-refractivity contribution is 6.34. The number of ether oxygens (including phenoxy) is 2. The Balaban J connectivity index is 0.000000209. The summed E-state index contributed by atoms with van der Waals surface area (Å²) in [5.74, 6) is 4.39. The quantitative estimate of drug-likeness (QED) is 0.0454. The standard InChI is InChI=1S/C18H20ClFN6O2.C10H10ClNO2.C8H12FN5O/c1-12-3-2-4-13(19)16(12)23-15(27)5-6-22-25-18-21-11-14(20)17(24-18)26-7-9-28-10-8-26;1-7-3-2-4-8(11)10(7)12-9(14)5-6-13;9-6-5-11-8(13-10)12-7(6)14-1-3-15-4-2-14/h2-4,6,11H,5,7-10H2,1H3,(H,23,27)(H,21,24,25);2-4,6H,5H2,1H3,(H,12,14);5H,1-4,10H2,(H,11,12,13)/b22-6+;;. The first-order valence-electron chi connectivity index (χ1n) is 17.5. The van der Waals surface area contributed by atoms with Gasteiger partial charge in [-0.1, -0.05) is 47.5 Å². The molecule has 0 spiro atoms. The fourth-order valence-corrected chi connectivity index (χ4v) is 5.64. The molecule has 2 aromatic heterocycles. The van der Waals surface area contributed by atoms with Crippen molar-refractivity contribution in [2.45, 2.75) is 26.7 Å². The maximum Gasteiger partial charge on any atom is 0.245 e. The van der Waals surface area contributed by atoms with Crippen LogP contribution in [0.4, 0.5) is 43.7 Å². The number of aromatic nitrogens is 4. The number of amides is 2. The summed E-state index contributed by atoms with van der Waals surface area (Å²) >= 11 is 12.0. The molecular formula is C36H42Cl2F2N12O5. The maximum absolute atomic E-state index is 14.0. The van der Waals surface area contributed by atoms with E-state index in [4.69, 9.17) is 38.5 Å². The van der Waals surface area contributed by atoms with E-state index in [9.17, 15) is 23.2 Å². The Morgan fingerprint density at radius 2 is 1.25 bits per heavy atom. The number of hydrogen-bond donors (Lipinski definition) is 5. The summed E-state index contributed by atoms with van der Waals surface area (Å²) < 4.78 is 37.8. The smallest absolute Gasteiger partial charge is 0.245 e. The fraction of sp³-hybridized carbons (Fsp3) is 0.333. The minimum Gasteiger partial charge on any atom is -0.378 e. The molecule has 2 aliphatic rings. The Morgan fingerprint density at radius 1 is 0.789 bits per heavy atom. The van der Waals surface area contributed by atoms with E-state index in [1.54, 1.807) is 28.0 Å². The average Bonchev–Trinajstić information content (AvgIpc) is 3.21. The summed E-state index contributed by atoms with van der Waals surface area (Å²) in [6.45, 7) is 8.24. The van der Waals surface area contributed by atoms with Crippen molar-refractivity contribution in [1.29, 1.82) is 0 Å². The van der Waals surface area contributed by atoms with Crippen molar-refractivity contribution in [2.75, 3.05) is 83.9 Å². The van der Waals surface area contributed by atoms with Crippen LogP contribution in [0, 0.1) is 25.5 Å². The number of benzene rings is 2. The highest BCUT2D eigenvalue weighted by Crippen LogP contribution is 2.26. The van der Waals surface area contributed by atoms with Crippen molar-refractivity contribution in [2.24, 2.45) is 10.9 Å². The third-order valence-electron chi connectivity index (χ3n) is 7.98. The summed E-state index contributed by atoms with van der Waals surface area (Å²) in [5.41, 5.74) is 7.78. The topological polar surface area (TPSA) is 214 Å². The molecule has 0 atom stereocenters. The van der Waals surface area contributed by atoms with Gasteiger partial charge in [-0.2, -0.15) is 15.1 Å². The van der Waals surface area contributed by atoms with Gasteiger partial charge in [0.25, 0.3) is 0 Å². The van der Waals surface area contributed by atoms with Crippen LogP contribution in [-0.4, -0.2) is 96.9 Å². The van der Waals surface area contributed by atoms with Crippen LogP contribution in [0.15, 0.2) is 53.9 Å². The van der Waals surface area contributed by atoms with Crippen molar-refractivity contribution in [3.8, 4) is 0 Å². The van der Waals surface area contributed by atoms with E-state index >= 15 is 0 Å². The van der Waals surface area contributed by atoms with Gasteiger partial charge in [0.15, 0.2) is 23.3 Å². The highest BCUT2D eigenvalue weighted by atomic mass is 35.5. The number of nitrogens with one attached hydrogen (secondary N) is 4. The van der Waals surface area contributed by atoms with Crippen LogP contribution in [0.25, 0.3) is 0 Å². The number of nitrogens with two attached hydrogens (primary N) is 1. The first kappa shape index (κ1) is 44.1. The monoisotopic (exact) mass is 830 g/mol. The number of nitrogen functional groups attached to an aromatic ring is 1. The predicted octanol–water partition coefficient (Wildman–Crippen LogP) is 4.75. The van der Waals surface area contributed by atoms with Crippen LogP contribution in [0.2, 0.25) is 10.0 Å². The largest absolute Gasteiger partial charge is 0.378 e. The molecule has 0 saturated carbocycles. The summed E-state index contributed by atoms with van der Waals surface area (Å²) in [4.78, 5) is 52.5. The third-order valence-corrected chi connectivity index (χ3v) is 8.61. The number of aldehydes is 1. The van der Waals surface area contributed by atoms with Crippen LogP contribution < -0.4 is 37.1 Å². The minimum absolute atomic E-state index is 0.0230. The number of morpholine rings is 2. The summed E-state index contributed by atoms with van der Waals surface area (Å²) in [6, 6.07) is 10.7. The Morgan fingerprint density at radius 3 is 1.70 bits per heavy atom.